The molecular weight excluding hydrogens is 230 g/mol. The van der Waals surface area contributed by atoms with E-state index in [9.17, 15) is 9.90 Å². The zero-order valence-corrected chi connectivity index (χ0v) is 11.7. The van der Waals surface area contributed by atoms with E-state index in [-0.39, 0.29) is 5.56 Å². The molecule has 0 radical (unpaired) electrons. The van der Waals surface area contributed by atoms with Crippen LogP contribution in [0.3, 0.4) is 0 Å². The number of carbonyl (C=O) groups is 1. The van der Waals surface area contributed by atoms with E-state index in [0.29, 0.717) is 23.0 Å². The highest BCUT2D eigenvalue weighted by atomic mass is 16.4. The van der Waals surface area contributed by atoms with Crippen molar-refractivity contribution in [2.24, 2.45) is 5.92 Å². The molecule has 1 unspecified atom stereocenters. The number of nitrogens with zero attached hydrogens (tertiary/aromatic N) is 3. The summed E-state index contributed by atoms with van der Waals surface area (Å²) in [5.74, 6) is -0.0116. The molecule has 18 heavy (non-hydrogen) atoms. The van der Waals surface area contributed by atoms with Crippen molar-refractivity contribution >= 4 is 11.8 Å². The third kappa shape index (κ3) is 2.97. The second kappa shape index (κ2) is 5.80. The lowest BCUT2D eigenvalue weighted by Gasteiger charge is -2.23. The Bertz CT molecular complexity index is 446. The summed E-state index contributed by atoms with van der Waals surface area (Å²) in [7, 11) is 1.86. The number of aromatic nitrogens is 2. The molecule has 1 heterocycles. The van der Waals surface area contributed by atoms with Crippen LogP contribution >= 0.6 is 0 Å². The Balaban J connectivity index is 3.16. The first-order valence-corrected chi connectivity index (χ1v) is 6.16. The van der Waals surface area contributed by atoms with E-state index in [2.05, 4.69) is 24.0 Å². The Labute approximate surface area is 108 Å². The summed E-state index contributed by atoms with van der Waals surface area (Å²) in [6, 6.07) is 0. The number of aromatic carboxylic acids is 1. The Kier molecular flexibility index (Phi) is 4.64. The average Bonchev–Trinajstić information content (AvgIpc) is 2.31. The van der Waals surface area contributed by atoms with E-state index in [1.807, 2.05) is 11.9 Å². The zero-order chi connectivity index (χ0) is 13.9. The van der Waals surface area contributed by atoms with E-state index in [1.54, 1.807) is 13.8 Å². The van der Waals surface area contributed by atoms with Crippen LogP contribution in [0.2, 0.25) is 0 Å². The third-order valence-electron chi connectivity index (χ3n) is 3.29. The average molecular weight is 251 g/mol. The smallest absolute Gasteiger partial charge is 0.339 e. The third-order valence-corrected chi connectivity index (χ3v) is 3.29. The van der Waals surface area contributed by atoms with E-state index in [4.69, 9.17) is 0 Å². The van der Waals surface area contributed by atoms with Gasteiger partial charge < -0.3 is 10.0 Å². The molecule has 1 aromatic heterocycles. The van der Waals surface area contributed by atoms with Gasteiger partial charge >= 0.3 is 5.97 Å². The molecule has 100 valence electrons. The number of hydrogen-bond acceptors (Lipinski definition) is 4. The fourth-order valence-electron chi connectivity index (χ4n) is 1.80. The van der Waals surface area contributed by atoms with E-state index in [0.717, 1.165) is 13.0 Å². The zero-order valence-electron chi connectivity index (χ0n) is 11.7. The van der Waals surface area contributed by atoms with Crippen molar-refractivity contribution in [3.8, 4) is 0 Å². The molecule has 1 rings (SSSR count). The normalized spacial score (nSPS) is 12.3. The van der Waals surface area contributed by atoms with Crippen LogP contribution in [0.1, 0.15) is 41.9 Å². The molecule has 0 aromatic carbocycles. The maximum absolute atomic E-state index is 11.4. The molecular formula is C13H21N3O2. The minimum Gasteiger partial charge on any atom is -0.478 e. The molecule has 0 fully saturated rings. The fourth-order valence-corrected chi connectivity index (χ4v) is 1.80. The topological polar surface area (TPSA) is 66.3 Å². The van der Waals surface area contributed by atoms with E-state index >= 15 is 0 Å². The van der Waals surface area contributed by atoms with Gasteiger partial charge in [-0.25, -0.2) is 4.79 Å². The lowest BCUT2D eigenvalue weighted by molar-refractivity contribution is 0.0696. The molecule has 1 aromatic rings. The van der Waals surface area contributed by atoms with Crippen molar-refractivity contribution in [3.05, 3.63) is 16.8 Å². The van der Waals surface area contributed by atoms with Crippen molar-refractivity contribution in [3.63, 3.8) is 0 Å². The summed E-state index contributed by atoms with van der Waals surface area (Å²) in [5, 5.41) is 17.4. The predicted octanol–water partition coefficient (Wildman–Crippen LogP) is 2.27. The molecule has 0 bridgehead atoms. The monoisotopic (exact) mass is 251 g/mol. The lowest BCUT2D eigenvalue weighted by Crippen LogP contribution is -2.27. The first kappa shape index (κ1) is 14.4. The minimum atomic E-state index is -0.948. The number of hydrogen-bond donors (Lipinski definition) is 1. The molecule has 0 aliphatic carbocycles. The second-order valence-electron chi connectivity index (χ2n) is 4.81. The maximum Gasteiger partial charge on any atom is 0.339 e. The van der Waals surface area contributed by atoms with Gasteiger partial charge in [0.25, 0.3) is 0 Å². The summed E-state index contributed by atoms with van der Waals surface area (Å²) in [4.78, 5) is 13.2. The molecule has 0 aliphatic heterocycles. The Morgan fingerprint density at radius 2 is 2.00 bits per heavy atom. The highest BCUT2D eigenvalue weighted by Crippen LogP contribution is 2.22. The largest absolute Gasteiger partial charge is 0.478 e. The summed E-state index contributed by atoms with van der Waals surface area (Å²) in [6.07, 6.45) is 1.05. The molecule has 5 heteroatoms. The summed E-state index contributed by atoms with van der Waals surface area (Å²) < 4.78 is 0. The van der Waals surface area contributed by atoms with Gasteiger partial charge in [0, 0.05) is 13.6 Å². The molecule has 1 atom stereocenters. The van der Waals surface area contributed by atoms with Crippen LogP contribution in [-0.4, -0.2) is 34.9 Å². The van der Waals surface area contributed by atoms with Crippen molar-refractivity contribution < 1.29 is 9.90 Å². The van der Waals surface area contributed by atoms with Gasteiger partial charge in [-0.3, -0.25) is 0 Å². The molecule has 0 saturated heterocycles. The van der Waals surface area contributed by atoms with Crippen LogP contribution in [0, 0.1) is 19.8 Å². The molecule has 1 N–H and O–H groups in total. The summed E-state index contributed by atoms with van der Waals surface area (Å²) in [6.45, 7) is 8.56. The van der Waals surface area contributed by atoms with Crippen molar-refractivity contribution in [2.45, 2.75) is 34.1 Å². The van der Waals surface area contributed by atoms with Crippen LogP contribution in [0.25, 0.3) is 0 Å². The first-order valence-electron chi connectivity index (χ1n) is 6.16. The standard InChI is InChI=1S/C13H21N3O2/c1-6-8(2)7-16(5)12-11(13(17)18)9(3)10(4)14-15-12/h8H,6-7H2,1-5H3,(H,17,18). The van der Waals surface area contributed by atoms with Crippen LogP contribution in [0.15, 0.2) is 0 Å². The molecule has 5 nitrogen and oxygen atoms in total. The number of carboxylic acid groups (broad SMARTS) is 1. The van der Waals surface area contributed by atoms with Gasteiger partial charge in [0.2, 0.25) is 0 Å². The maximum atomic E-state index is 11.4. The number of anilines is 1. The first-order chi connectivity index (χ1) is 8.38. The minimum absolute atomic E-state index is 0.258. The number of carboxylic acids is 1. The van der Waals surface area contributed by atoms with Gasteiger partial charge in [0.05, 0.1) is 5.69 Å². The van der Waals surface area contributed by atoms with Gasteiger partial charge in [-0.15, -0.1) is 5.10 Å². The molecule has 0 saturated carbocycles. The van der Waals surface area contributed by atoms with Crippen molar-refractivity contribution in [1.82, 2.24) is 10.2 Å². The van der Waals surface area contributed by atoms with Crippen LogP contribution in [-0.2, 0) is 0 Å². The van der Waals surface area contributed by atoms with Gasteiger partial charge in [0.1, 0.15) is 5.56 Å². The van der Waals surface area contributed by atoms with E-state index in [1.165, 1.54) is 0 Å². The van der Waals surface area contributed by atoms with Crippen molar-refractivity contribution in [1.29, 1.82) is 0 Å². The highest BCUT2D eigenvalue weighted by molar-refractivity contribution is 5.95. The van der Waals surface area contributed by atoms with Gasteiger partial charge in [0.15, 0.2) is 5.82 Å². The van der Waals surface area contributed by atoms with Crippen LogP contribution in [0.5, 0.6) is 0 Å². The lowest BCUT2D eigenvalue weighted by atomic mass is 10.1. The van der Waals surface area contributed by atoms with Crippen LogP contribution < -0.4 is 4.90 Å². The SMILES string of the molecule is CCC(C)CN(C)c1nnc(C)c(C)c1C(=O)O. The highest BCUT2D eigenvalue weighted by Gasteiger charge is 2.21. The Hall–Kier alpha value is -1.65. The molecule has 0 spiro atoms. The summed E-state index contributed by atoms with van der Waals surface area (Å²) >= 11 is 0. The predicted molar refractivity (Wildman–Crippen MR) is 71.2 cm³/mol. The molecule has 0 aliphatic rings. The quantitative estimate of drug-likeness (QED) is 0.869. The Morgan fingerprint density at radius 3 is 2.50 bits per heavy atom. The van der Waals surface area contributed by atoms with Gasteiger partial charge in [-0.05, 0) is 25.3 Å². The van der Waals surface area contributed by atoms with E-state index < -0.39 is 5.97 Å². The number of rotatable bonds is 5. The fraction of sp³-hybridized carbons (Fsp3) is 0.615. The Morgan fingerprint density at radius 1 is 1.39 bits per heavy atom. The summed E-state index contributed by atoms with van der Waals surface area (Å²) in [5.41, 5.74) is 1.60. The molecule has 0 amide bonds. The van der Waals surface area contributed by atoms with Crippen molar-refractivity contribution in [2.75, 3.05) is 18.5 Å². The number of aryl methyl sites for hydroxylation is 1. The van der Waals surface area contributed by atoms with Crippen LogP contribution in [0.4, 0.5) is 5.82 Å². The second-order valence-corrected chi connectivity index (χ2v) is 4.81. The van der Waals surface area contributed by atoms with Gasteiger partial charge in [-0.2, -0.15) is 5.10 Å². The van der Waals surface area contributed by atoms with Gasteiger partial charge in [-0.1, -0.05) is 20.3 Å².